The van der Waals surface area contributed by atoms with Crippen molar-refractivity contribution >= 4 is 17.7 Å². The van der Waals surface area contributed by atoms with Crippen LogP contribution in [0.2, 0.25) is 0 Å². The monoisotopic (exact) mass is 439 g/mol. The van der Waals surface area contributed by atoms with Crippen LogP contribution in [0.4, 0.5) is 5.82 Å². The molecule has 2 aromatic rings. The molecule has 4 rings (SSSR count). The second-order valence-corrected chi connectivity index (χ2v) is 9.18. The largest absolute Gasteiger partial charge is 0.493 e. The summed E-state index contributed by atoms with van der Waals surface area (Å²) in [6, 6.07) is 5.74. The Bertz CT molecular complexity index is 989. The number of carbonyl (C=O) groups is 2. The molecular formula is C25H33N3O4. The normalized spacial score (nSPS) is 20.0. The van der Waals surface area contributed by atoms with Crippen LogP contribution < -0.4 is 9.64 Å². The number of benzene rings is 1. The maximum Gasteiger partial charge on any atom is 0.343 e. The van der Waals surface area contributed by atoms with Crippen LogP contribution in [-0.2, 0) is 16.0 Å². The van der Waals surface area contributed by atoms with Gasteiger partial charge in [0, 0.05) is 24.6 Å². The molecule has 1 fully saturated rings. The summed E-state index contributed by atoms with van der Waals surface area (Å²) in [6.07, 6.45) is 6.39. The zero-order valence-corrected chi connectivity index (χ0v) is 19.5. The van der Waals surface area contributed by atoms with Gasteiger partial charge in [0.1, 0.15) is 11.3 Å². The topological polar surface area (TPSA) is 73.7 Å². The van der Waals surface area contributed by atoms with Gasteiger partial charge in [0.2, 0.25) is 5.91 Å². The van der Waals surface area contributed by atoms with Crippen molar-refractivity contribution in [2.24, 2.45) is 11.8 Å². The van der Waals surface area contributed by atoms with Gasteiger partial charge in [0.05, 0.1) is 18.9 Å². The molecule has 1 aromatic carbocycles. The molecular weight excluding hydrogens is 406 g/mol. The van der Waals surface area contributed by atoms with E-state index in [-0.39, 0.29) is 24.5 Å². The maximum absolute atomic E-state index is 13.6. The molecule has 1 aromatic heterocycles. The molecule has 0 radical (unpaired) electrons. The molecule has 1 saturated carbocycles. The van der Waals surface area contributed by atoms with Crippen molar-refractivity contribution < 1.29 is 19.1 Å². The Balaban J connectivity index is 1.72. The maximum atomic E-state index is 13.6. The molecule has 1 aliphatic heterocycles. The average Bonchev–Trinajstić information content (AvgIpc) is 3.41. The number of carbonyl (C=O) groups excluding carboxylic acids is 2. The van der Waals surface area contributed by atoms with Crippen molar-refractivity contribution in [3.63, 3.8) is 0 Å². The highest BCUT2D eigenvalue weighted by atomic mass is 16.5. The molecule has 0 unspecified atom stereocenters. The molecule has 0 N–H and O–H groups in total. The Labute approximate surface area is 189 Å². The third-order valence-electron chi connectivity index (χ3n) is 6.47. The minimum atomic E-state index is -0.464. The molecule has 7 nitrogen and oxygen atoms in total. The number of hydrogen-bond acceptors (Lipinski definition) is 5. The predicted molar refractivity (Wildman–Crippen MR) is 122 cm³/mol. The Kier molecular flexibility index (Phi) is 6.53. The average molecular weight is 440 g/mol. The van der Waals surface area contributed by atoms with E-state index in [0.717, 1.165) is 49.1 Å². The molecule has 0 saturated heterocycles. The first-order valence-corrected chi connectivity index (χ1v) is 11.7. The van der Waals surface area contributed by atoms with Crippen molar-refractivity contribution in [1.82, 2.24) is 9.78 Å². The molecule has 7 heteroatoms. The number of aromatic nitrogens is 2. The molecule has 172 valence electrons. The smallest absolute Gasteiger partial charge is 0.343 e. The quantitative estimate of drug-likeness (QED) is 0.617. The lowest BCUT2D eigenvalue weighted by molar-refractivity contribution is -0.124. The van der Waals surface area contributed by atoms with Gasteiger partial charge < -0.3 is 9.47 Å². The summed E-state index contributed by atoms with van der Waals surface area (Å²) in [5.74, 6) is 1.46. The number of nitrogens with zero attached hydrogens (tertiary/aromatic N) is 3. The van der Waals surface area contributed by atoms with Crippen molar-refractivity contribution in [3.05, 3.63) is 35.5 Å². The summed E-state index contributed by atoms with van der Waals surface area (Å²) < 4.78 is 12.6. The molecule has 1 amide bonds. The fourth-order valence-corrected chi connectivity index (χ4v) is 4.65. The first kappa shape index (κ1) is 22.4. The minimum absolute atomic E-state index is 0.0362. The SMILES string of the molecule is CCOC(=O)c1cn(-c2ccc3c(c2)CCO3)nc1N(C(=O)[C@H]1CC[C@H](C)CC1)C(C)C. The van der Waals surface area contributed by atoms with Crippen molar-refractivity contribution in [1.29, 1.82) is 0 Å². The molecule has 32 heavy (non-hydrogen) atoms. The van der Waals surface area contributed by atoms with Gasteiger partial charge in [-0.3, -0.25) is 9.69 Å². The number of esters is 1. The second-order valence-electron chi connectivity index (χ2n) is 9.18. The highest BCUT2D eigenvalue weighted by molar-refractivity contribution is 6.02. The third-order valence-corrected chi connectivity index (χ3v) is 6.47. The summed E-state index contributed by atoms with van der Waals surface area (Å²) in [5, 5.41) is 4.74. The van der Waals surface area contributed by atoms with E-state index in [1.807, 2.05) is 32.0 Å². The summed E-state index contributed by atoms with van der Waals surface area (Å²) in [5.41, 5.74) is 2.26. The molecule has 0 spiro atoms. The summed E-state index contributed by atoms with van der Waals surface area (Å²) in [7, 11) is 0. The summed E-state index contributed by atoms with van der Waals surface area (Å²) >= 11 is 0. The minimum Gasteiger partial charge on any atom is -0.493 e. The van der Waals surface area contributed by atoms with Gasteiger partial charge >= 0.3 is 5.97 Å². The van der Waals surface area contributed by atoms with Gasteiger partial charge in [-0.05, 0) is 76.1 Å². The van der Waals surface area contributed by atoms with Gasteiger partial charge in [0.25, 0.3) is 0 Å². The van der Waals surface area contributed by atoms with E-state index >= 15 is 0 Å². The van der Waals surface area contributed by atoms with Gasteiger partial charge in [-0.1, -0.05) is 6.92 Å². The van der Waals surface area contributed by atoms with Crippen LogP contribution in [0.3, 0.4) is 0 Å². The van der Waals surface area contributed by atoms with Gasteiger partial charge in [-0.25, -0.2) is 9.48 Å². The highest BCUT2D eigenvalue weighted by Gasteiger charge is 2.34. The summed E-state index contributed by atoms with van der Waals surface area (Å²) in [6.45, 7) is 8.87. The number of amides is 1. The lowest BCUT2D eigenvalue weighted by atomic mass is 9.82. The number of rotatable bonds is 6. The summed E-state index contributed by atoms with van der Waals surface area (Å²) in [4.78, 5) is 28.1. The number of ether oxygens (including phenoxy) is 2. The van der Waals surface area contributed by atoms with E-state index in [9.17, 15) is 9.59 Å². The lowest BCUT2D eigenvalue weighted by Gasteiger charge is -2.32. The van der Waals surface area contributed by atoms with Crippen LogP contribution in [0.5, 0.6) is 5.75 Å². The first-order chi connectivity index (χ1) is 15.4. The fraction of sp³-hybridized carbons (Fsp3) is 0.560. The van der Waals surface area contributed by atoms with E-state index in [2.05, 4.69) is 6.92 Å². The zero-order valence-electron chi connectivity index (χ0n) is 19.5. The first-order valence-electron chi connectivity index (χ1n) is 11.7. The van der Waals surface area contributed by atoms with Gasteiger partial charge in [-0.2, -0.15) is 0 Å². The van der Waals surface area contributed by atoms with Gasteiger partial charge in [0.15, 0.2) is 5.82 Å². The fourth-order valence-electron chi connectivity index (χ4n) is 4.65. The van der Waals surface area contributed by atoms with E-state index in [4.69, 9.17) is 14.6 Å². The molecule has 0 atom stereocenters. The van der Waals surface area contributed by atoms with Crippen LogP contribution in [0, 0.1) is 11.8 Å². The van der Waals surface area contributed by atoms with E-state index < -0.39 is 5.97 Å². The van der Waals surface area contributed by atoms with Crippen LogP contribution in [0.25, 0.3) is 5.69 Å². The predicted octanol–water partition coefficient (Wildman–Crippen LogP) is 4.55. The van der Waals surface area contributed by atoms with E-state index in [1.54, 1.807) is 22.7 Å². The number of anilines is 1. The lowest BCUT2D eigenvalue weighted by Crippen LogP contribution is -2.43. The van der Waals surface area contributed by atoms with Crippen LogP contribution in [0.1, 0.15) is 69.3 Å². The molecule has 1 aliphatic carbocycles. The Morgan fingerprint density at radius 2 is 2.00 bits per heavy atom. The van der Waals surface area contributed by atoms with E-state index in [1.165, 1.54) is 0 Å². The highest BCUT2D eigenvalue weighted by Crippen LogP contribution is 2.33. The Hall–Kier alpha value is -2.83. The number of fused-ring (bicyclic) bond motifs is 1. The van der Waals surface area contributed by atoms with Crippen molar-refractivity contribution in [2.45, 2.75) is 65.8 Å². The zero-order chi connectivity index (χ0) is 22.8. The third kappa shape index (κ3) is 4.38. The Morgan fingerprint density at radius 3 is 2.69 bits per heavy atom. The van der Waals surface area contributed by atoms with Crippen molar-refractivity contribution in [2.75, 3.05) is 18.1 Å². The van der Waals surface area contributed by atoms with E-state index in [0.29, 0.717) is 23.9 Å². The molecule has 2 heterocycles. The van der Waals surface area contributed by atoms with Crippen LogP contribution >= 0.6 is 0 Å². The number of hydrogen-bond donors (Lipinski definition) is 0. The standard InChI is InChI=1S/C25H33N3O4/c1-5-31-25(30)21-15-27(20-10-11-22-19(14-20)12-13-32-22)26-23(21)28(16(2)3)24(29)18-8-6-17(4)7-9-18/h10-11,14-18H,5-9,12-13H2,1-4H3/t17-,18-. The molecule has 2 aliphatic rings. The van der Waals surface area contributed by atoms with Crippen LogP contribution in [-0.4, -0.2) is 40.9 Å². The van der Waals surface area contributed by atoms with Crippen LogP contribution in [0.15, 0.2) is 24.4 Å². The second kappa shape index (κ2) is 9.35. The van der Waals surface area contributed by atoms with Gasteiger partial charge in [-0.15, -0.1) is 5.10 Å². The van der Waals surface area contributed by atoms with Crippen molar-refractivity contribution in [3.8, 4) is 11.4 Å². The molecule has 0 bridgehead atoms. The Morgan fingerprint density at radius 1 is 1.25 bits per heavy atom.